The third kappa shape index (κ3) is 2.15. The lowest BCUT2D eigenvalue weighted by atomic mass is 10.0. The Morgan fingerprint density at radius 1 is 1.33 bits per heavy atom. The number of benzene rings is 1. The summed E-state index contributed by atoms with van der Waals surface area (Å²) in [6.45, 7) is 4.85. The molecule has 3 nitrogen and oxygen atoms in total. The molecule has 0 atom stereocenters. The van der Waals surface area contributed by atoms with Crippen LogP contribution in [0.4, 0.5) is 0 Å². The Morgan fingerprint density at radius 3 is 2.83 bits per heavy atom. The summed E-state index contributed by atoms with van der Waals surface area (Å²) in [6.07, 6.45) is 3.69. The van der Waals surface area contributed by atoms with Gasteiger partial charge >= 0.3 is 0 Å². The van der Waals surface area contributed by atoms with Crippen LogP contribution in [-0.2, 0) is 13.1 Å². The minimum Gasteiger partial charge on any atom is -0.351 e. The van der Waals surface area contributed by atoms with Crippen molar-refractivity contribution in [2.24, 2.45) is 5.41 Å². The number of amides is 1. The maximum absolute atomic E-state index is 12.1. The lowest BCUT2D eigenvalue weighted by Gasteiger charge is -2.13. The monoisotopic (exact) mass is 244 g/mol. The molecule has 0 bridgehead atoms. The summed E-state index contributed by atoms with van der Waals surface area (Å²) in [6, 6.07) is 6.03. The first-order valence-corrected chi connectivity index (χ1v) is 6.83. The lowest BCUT2D eigenvalue weighted by molar-refractivity contribution is 0.0944. The van der Waals surface area contributed by atoms with Crippen molar-refractivity contribution in [1.82, 2.24) is 10.6 Å². The van der Waals surface area contributed by atoms with Crippen LogP contribution in [0.15, 0.2) is 18.2 Å². The number of fused-ring (bicyclic) bond motifs is 1. The predicted molar refractivity (Wildman–Crippen MR) is 71.3 cm³/mol. The first-order valence-electron chi connectivity index (χ1n) is 6.83. The molecule has 1 fully saturated rings. The normalized spacial score (nSPS) is 19.4. The molecule has 0 radical (unpaired) electrons. The topological polar surface area (TPSA) is 41.1 Å². The number of carbonyl (C=O) groups excluding carboxylic acids is 1. The third-order valence-electron chi connectivity index (χ3n) is 4.43. The molecule has 0 spiro atoms. The van der Waals surface area contributed by atoms with Crippen molar-refractivity contribution in [2.45, 2.75) is 39.3 Å². The number of hydrogen-bond acceptors (Lipinski definition) is 2. The molecule has 1 heterocycles. The lowest BCUT2D eigenvalue weighted by Crippen LogP contribution is -2.30. The molecule has 1 aliphatic heterocycles. The maximum atomic E-state index is 12.1. The first-order chi connectivity index (χ1) is 8.72. The zero-order chi connectivity index (χ0) is 12.6. The van der Waals surface area contributed by atoms with E-state index in [0.717, 1.165) is 25.2 Å². The van der Waals surface area contributed by atoms with Gasteiger partial charge < -0.3 is 10.6 Å². The van der Waals surface area contributed by atoms with E-state index in [1.54, 1.807) is 0 Å². The van der Waals surface area contributed by atoms with E-state index in [2.05, 4.69) is 23.6 Å². The molecule has 96 valence electrons. The number of rotatable bonds is 4. The second-order valence-electron chi connectivity index (χ2n) is 5.62. The van der Waals surface area contributed by atoms with Crippen LogP contribution in [0.1, 0.15) is 47.7 Å². The molecule has 0 saturated heterocycles. The Bertz CT molecular complexity index is 477. The second-order valence-corrected chi connectivity index (χ2v) is 5.62. The van der Waals surface area contributed by atoms with E-state index in [-0.39, 0.29) is 5.91 Å². The smallest absolute Gasteiger partial charge is 0.251 e. The van der Waals surface area contributed by atoms with Crippen LogP contribution in [0.25, 0.3) is 0 Å². The first kappa shape index (κ1) is 11.7. The molecule has 1 saturated carbocycles. The van der Waals surface area contributed by atoms with E-state index in [9.17, 15) is 4.79 Å². The molecule has 18 heavy (non-hydrogen) atoms. The molecule has 1 aromatic rings. The molecule has 0 unspecified atom stereocenters. The van der Waals surface area contributed by atoms with E-state index in [1.165, 1.54) is 30.4 Å². The van der Waals surface area contributed by atoms with Crippen molar-refractivity contribution in [3.05, 3.63) is 34.9 Å². The van der Waals surface area contributed by atoms with Crippen LogP contribution in [-0.4, -0.2) is 12.5 Å². The van der Waals surface area contributed by atoms with E-state index < -0.39 is 0 Å². The fourth-order valence-electron chi connectivity index (χ4n) is 2.64. The van der Waals surface area contributed by atoms with Gasteiger partial charge in [0.15, 0.2) is 0 Å². The van der Waals surface area contributed by atoms with Gasteiger partial charge in [0.1, 0.15) is 0 Å². The number of hydrogen-bond donors (Lipinski definition) is 2. The summed E-state index contributed by atoms with van der Waals surface area (Å²) in [5.41, 5.74) is 3.79. The molecule has 2 N–H and O–H groups in total. The van der Waals surface area contributed by atoms with Crippen molar-refractivity contribution in [3.8, 4) is 0 Å². The van der Waals surface area contributed by atoms with E-state index in [1.807, 2.05) is 12.1 Å². The Labute approximate surface area is 108 Å². The summed E-state index contributed by atoms with van der Waals surface area (Å²) in [5, 5.41) is 6.38. The van der Waals surface area contributed by atoms with Crippen LogP contribution in [0.5, 0.6) is 0 Å². The van der Waals surface area contributed by atoms with Gasteiger partial charge in [-0.05, 0) is 47.9 Å². The Kier molecular flexibility index (Phi) is 2.86. The molecule has 0 aromatic heterocycles. The number of carbonyl (C=O) groups is 1. The minimum atomic E-state index is 0.0735. The fraction of sp³-hybridized carbons (Fsp3) is 0.533. The van der Waals surface area contributed by atoms with E-state index in [0.29, 0.717) is 5.41 Å². The quantitative estimate of drug-likeness (QED) is 0.852. The molecule has 1 aliphatic carbocycles. The maximum Gasteiger partial charge on any atom is 0.251 e. The van der Waals surface area contributed by atoms with Gasteiger partial charge in [-0.3, -0.25) is 4.79 Å². The molecule has 3 rings (SSSR count). The van der Waals surface area contributed by atoms with Gasteiger partial charge in [0, 0.05) is 25.2 Å². The SMILES string of the molecule is CCC1(CNC(=O)c2ccc3c(c2)CNC3)CC1. The Balaban J connectivity index is 1.65. The van der Waals surface area contributed by atoms with Crippen molar-refractivity contribution < 1.29 is 4.79 Å². The van der Waals surface area contributed by atoms with Crippen molar-refractivity contribution in [2.75, 3.05) is 6.54 Å². The zero-order valence-electron chi connectivity index (χ0n) is 10.9. The summed E-state index contributed by atoms with van der Waals surface area (Å²) in [5.74, 6) is 0.0735. The molecule has 2 aliphatic rings. The van der Waals surface area contributed by atoms with E-state index in [4.69, 9.17) is 0 Å². The highest BCUT2D eigenvalue weighted by Gasteiger charge is 2.40. The average Bonchev–Trinajstić information content (AvgIpc) is 3.04. The standard InChI is InChI=1S/C15H20N2O/c1-2-15(5-6-15)10-17-14(18)11-3-4-12-8-16-9-13(12)7-11/h3-4,7,16H,2,5-6,8-10H2,1H3,(H,17,18). The van der Waals surface area contributed by atoms with Crippen molar-refractivity contribution in [3.63, 3.8) is 0 Å². The summed E-state index contributed by atoms with van der Waals surface area (Å²) >= 11 is 0. The van der Waals surface area contributed by atoms with Gasteiger partial charge in [-0.1, -0.05) is 13.0 Å². The van der Waals surface area contributed by atoms with Crippen LogP contribution < -0.4 is 10.6 Å². The summed E-state index contributed by atoms with van der Waals surface area (Å²) in [7, 11) is 0. The van der Waals surface area contributed by atoms with Crippen molar-refractivity contribution >= 4 is 5.91 Å². The Hall–Kier alpha value is -1.35. The van der Waals surface area contributed by atoms with E-state index >= 15 is 0 Å². The van der Waals surface area contributed by atoms with Gasteiger partial charge in [-0.2, -0.15) is 0 Å². The van der Waals surface area contributed by atoms with Gasteiger partial charge in [0.05, 0.1) is 0 Å². The molecule has 3 heteroatoms. The predicted octanol–water partition coefficient (Wildman–Crippen LogP) is 2.21. The van der Waals surface area contributed by atoms with Gasteiger partial charge in [-0.15, -0.1) is 0 Å². The largest absolute Gasteiger partial charge is 0.351 e. The summed E-state index contributed by atoms with van der Waals surface area (Å²) in [4.78, 5) is 12.1. The molecular weight excluding hydrogens is 224 g/mol. The number of nitrogens with one attached hydrogen (secondary N) is 2. The van der Waals surface area contributed by atoms with Crippen LogP contribution in [0.3, 0.4) is 0 Å². The molecule has 1 amide bonds. The molecule has 1 aromatic carbocycles. The fourth-order valence-corrected chi connectivity index (χ4v) is 2.64. The minimum absolute atomic E-state index is 0.0735. The van der Waals surface area contributed by atoms with Crippen LogP contribution in [0, 0.1) is 5.41 Å². The van der Waals surface area contributed by atoms with Crippen LogP contribution in [0.2, 0.25) is 0 Å². The zero-order valence-corrected chi connectivity index (χ0v) is 10.9. The van der Waals surface area contributed by atoms with Crippen molar-refractivity contribution in [1.29, 1.82) is 0 Å². The van der Waals surface area contributed by atoms with Gasteiger partial charge in [-0.25, -0.2) is 0 Å². The third-order valence-corrected chi connectivity index (χ3v) is 4.43. The summed E-state index contributed by atoms with van der Waals surface area (Å²) < 4.78 is 0. The van der Waals surface area contributed by atoms with Gasteiger partial charge in [0.25, 0.3) is 5.91 Å². The highest BCUT2D eigenvalue weighted by molar-refractivity contribution is 5.94. The second kappa shape index (κ2) is 4.39. The van der Waals surface area contributed by atoms with Gasteiger partial charge in [0.2, 0.25) is 0 Å². The average molecular weight is 244 g/mol. The van der Waals surface area contributed by atoms with Crippen LogP contribution >= 0.6 is 0 Å². The highest BCUT2D eigenvalue weighted by Crippen LogP contribution is 2.47. The highest BCUT2D eigenvalue weighted by atomic mass is 16.1. The molecular formula is C15H20N2O. The Morgan fingerprint density at radius 2 is 2.11 bits per heavy atom.